The van der Waals surface area contributed by atoms with Crippen LogP contribution in [0.3, 0.4) is 0 Å². The summed E-state index contributed by atoms with van der Waals surface area (Å²) in [5.41, 5.74) is 7.69. The predicted molar refractivity (Wildman–Crippen MR) is 62.6 cm³/mol. The second kappa shape index (κ2) is 4.42. The number of benzene rings is 1. The fourth-order valence-corrected chi connectivity index (χ4v) is 1.70. The lowest BCUT2D eigenvalue weighted by molar-refractivity contribution is -0.142. The van der Waals surface area contributed by atoms with Crippen molar-refractivity contribution >= 4 is 17.0 Å². The Labute approximate surface area is 96.8 Å². The molecule has 0 bridgehead atoms. The van der Waals surface area contributed by atoms with Gasteiger partial charge in [-0.05, 0) is 24.1 Å². The van der Waals surface area contributed by atoms with E-state index in [-0.39, 0.29) is 5.69 Å². The maximum Gasteiger partial charge on any atom is 0.323 e. The third-order valence-electron chi connectivity index (χ3n) is 2.54. The number of H-pyrrole nitrogens is 2. The van der Waals surface area contributed by atoms with E-state index in [0.29, 0.717) is 11.9 Å². The topological polar surface area (TPSA) is 101 Å². The molecular weight excluding hydrogens is 222 g/mol. The number of nitrogens with two attached hydrogens (primary N) is 1. The predicted octanol–water partition coefficient (Wildman–Crippen LogP) is -0.101. The molecule has 0 aliphatic rings. The molecule has 4 N–H and O–H groups in total. The van der Waals surface area contributed by atoms with Gasteiger partial charge in [0.15, 0.2) is 0 Å². The summed E-state index contributed by atoms with van der Waals surface area (Å²) in [4.78, 5) is 27.5. The number of nitrogens with one attached hydrogen (secondary N) is 2. The zero-order valence-electron chi connectivity index (χ0n) is 9.32. The molecule has 1 unspecified atom stereocenters. The quantitative estimate of drug-likeness (QED) is 0.646. The molecule has 0 aliphatic heterocycles. The van der Waals surface area contributed by atoms with Gasteiger partial charge >= 0.3 is 11.7 Å². The molecule has 0 amide bonds. The van der Waals surface area contributed by atoms with Crippen molar-refractivity contribution in [1.82, 2.24) is 9.97 Å². The monoisotopic (exact) mass is 235 g/mol. The molecule has 0 radical (unpaired) electrons. The van der Waals surface area contributed by atoms with Gasteiger partial charge in [-0.2, -0.15) is 0 Å². The van der Waals surface area contributed by atoms with E-state index in [2.05, 4.69) is 14.7 Å². The van der Waals surface area contributed by atoms with E-state index in [0.717, 1.165) is 11.1 Å². The zero-order chi connectivity index (χ0) is 12.4. The van der Waals surface area contributed by atoms with Crippen molar-refractivity contribution in [2.75, 3.05) is 7.11 Å². The average Bonchev–Trinajstić information content (AvgIpc) is 2.67. The number of carbonyl (C=O) groups excluding carboxylic acids is 1. The zero-order valence-corrected chi connectivity index (χ0v) is 9.32. The summed E-state index contributed by atoms with van der Waals surface area (Å²) >= 11 is 0. The molecule has 0 aliphatic carbocycles. The summed E-state index contributed by atoms with van der Waals surface area (Å²) in [7, 11) is 1.30. The Balaban J connectivity index is 2.24. The smallest absolute Gasteiger partial charge is 0.323 e. The maximum absolute atomic E-state index is 11.2. The number of imidazole rings is 1. The Kier molecular flexibility index (Phi) is 2.97. The third-order valence-corrected chi connectivity index (χ3v) is 2.54. The van der Waals surface area contributed by atoms with E-state index >= 15 is 0 Å². The van der Waals surface area contributed by atoms with Crippen molar-refractivity contribution in [2.45, 2.75) is 12.5 Å². The first-order chi connectivity index (χ1) is 8.10. The van der Waals surface area contributed by atoms with Crippen LogP contribution in [0.25, 0.3) is 11.0 Å². The van der Waals surface area contributed by atoms with Gasteiger partial charge in [0.1, 0.15) is 6.04 Å². The van der Waals surface area contributed by atoms with Crippen LogP contribution in [0.2, 0.25) is 0 Å². The summed E-state index contributed by atoms with van der Waals surface area (Å²) in [6, 6.07) is 4.68. The SMILES string of the molecule is COC(=O)C(N)Cc1ccc2[nH]c(=O)[nH]c2c1. The van der Waals surface area contributed by atoms with Crippen molar-refractivity contribution < 1.29 is 9.53 Å². The van der Waals surface area contributed by atoms with Crippen LogP contribution in [0.4, 0.5) is 0 Å². The van der Waals surface area contributed by atoms with Crippen LogP contribution >= 0.6 is 0 Å². The maximum atomic E-state index is 11.2. The number of hydrogen-bond acceptors (Lipinski definition) is 4. The Bertz CT molecular complexity index is 599. The number of esters is 1. The number of rotatable bonds is 3. The first kappa shape index (κ1) is 11.4. The van der Waals surface area contributed by atoms with Gasteiger partial charge in [-0.1, -0.05) is 6.07 Å². The summed E-state index contributed by atoms with van der Waals surface area (Å²) in [5, 5.41) is 0. The van der Waals surface area contributed by atoms with Crippen LogP contribution in [0.15, 0.2) is 23.0 Å². The van der Waals surface area contributed by atoms with E-state index in [1.807, 2.05) is 6.07 Å². The van der Waals surface area contributed by atoms with Crippen molar-refractivity contribution in [3.8, 4) is 0 Å². The fraction of sp³-hybridized carbons (Fsp3) is 0.273. The molecule has 0 fully saturated rings. The van der Waals surface area contributed by atoms with E-state index in [4.69, 9.17) is 5.73 Å². The molecule has 1 aromatic heterocycles. The van der Waals surface area contributed by atoms with E-state index < -0.39 is 12.0 Å². The molecule has 17 heavy (non-hydrogen) atoms. The molecule has 0 spiro atoms. The Hall–Kier alpha value is -2.08. The molecule has 0 saturated heterocycles. The number of methoxy groups -OCH3 is 1. The number of hydrogen-bond donors (Lipinski definition) is 3. The highest BCUT2D eigenvalue weighted by molar-refractivity contribution is 5.77. The Morgan fingerprint density at radius 3 is 2.82 bits per heavy atom. The summed E-state index contributed by atoms with van der Waals surface area (Å²) < 4.78 is 4.55. The minimum atomic E-state index is -0.692. The normalized spacial score (nSPS) is 12.6. The van der Waals surface area contributed by atoms with E-state index in [1.54, 1.807) is 12.1 Å². The molecule has 6 nitrogen and oxygen atoms in total. The lowest BCUT2D eigenvalue weighted by Gasteiger charge is -2.08. The van der Waals surface area contributed by atoms with Gasteiger partial charge in [0.25, 0.3) is 0 Å². The lowest BCUT2D eigenvalue weighted by atomic mass is 10.1. The van der Waals surface area contributed by atoms with Gasteiger partial charge in [0.05, 0.1) is 18.1 Å². The highest BCUT2D eigenvalue weighted by atomic mass is 16.5. The summed E-state index contributed by atoms with van der Waals surface area (Å²) in [6.07, 6.45) is 0.371. The molecule has 2 rings (SSSR count). The average molecular weight is 235 g/mol. The Morgan fingerprint density at radius 2 is 2.12 bits per heavy atom. The highest BCUT2D eigenvalue weighted by Crippen LogP contribution is 2.11. The first-order valence-electron chi connectivity index (χ1n) is 5.14. The summed E-state index contributed by atoms with van der Waals surface area (Å²) in [6.45, 7) is 0. The number of ether oxygens (including phenoxy) is 1. The molecule has 0 saturated carbocycles. The second-order valence-corrected chi connectivity index (χ2v) is 3.79. The van der Waals surface area contributed by atoms with Crippen molar-refractivity contribution in [3.05, 3.63) is 34.2 Å². The molecule has 90 valence electrons. The van der Waals surface area contributed by atoms with Crippen LogP contribution in [-0.4, -0.2) is 29.1 Å². The van der Waals surface area contributed by atoms with Gasteiger partial charge in [-0.15, -0.1) is 0 Å². The van der Waals surface area contributed by atoms with E-state index in [9.17, 15) is 9.59 Å². The van der Waals surface area contributed by atoms with Crippen LogP contribution in [-0.2, 0) is 16.0 Å². The highest BCUT2D eigenvalue weighted by Gasteiger charge is 2.14. The first-order valence-corrected chi connectivity index (χ1v) is 5.14. The standard InChI is InChI=1S/C11H13N3O3/c1-17-10(15)7(12)4-6-2-3-8-9(5-6)14-11(16)13-8/h2-3,5,7H,4,12H2,1H3,(H2,13,14,16). The van der Waals surface area contributed by atoms with Crippen molar-refractivity contribution in [1.29, 1.82) is 0 Å². The van der Waals surface area contributed by atoms with Crippen LogP contribution < -0.4 is 11.4 Å². The van der Waals surface area contributed by atoms with Gasteiger partial charge in [0.2, 0.25) is 0 Å². The molecule has 2 aromatic rings. The minimum Gasteiger partial charge on any atom is -0.468 e. The largest absolute Gasteiger partial charge is 0.468 e. The molecule has 1 heterocycles. The summed E-state index contributed by atoms with van der Waals surface area (Å²) in [5.74, 6) is -0.451. The second-order valence-electron chi connectivity index (χ2n) is 3.79. The fourth-order valence-electron chi connectivity index (χ4n) is 1.70. The molecule has 1 atom stereocenters. The number of aromatic amines is 2. The van der Waals surface area contributed by atoms with Crippen LogP contribution in [0.5, 0.6) is 0 Å². The Morgan fingerprint density at radius 1 is 1.41 bits per heavy atom. The van der Waals surface area contributed by atoms with Crippen molar-refractivity contribution in [2.24, 2.45) is 5.73 Å². The van der Waals surface area contributed by atoms with Gasteiger partial charge in [0, 0.05) is 0 Å². The van der Waals surface area contributed by atoms with E-state index in [1.165, 1.54) is 7.11 Å². The molecular formula is C11H13N3O3. The minimum absolute atomic E-state index is 0.255. The number of aromatic nitrogens is 2. The van der Waals surface area contributed by atoms with Gasteiger partial charge in [-0.25, -0.2) is 4.79 Å². The van der Waals surface area contributed by atoms with Crippen LogP contribution in [0, 0.1) is 0 Å². The van der Waals surface area contributed by atoms with Crippen molar-refractivity contribution in [3.63, 3.8) is 0 Å². The third kappa shape index (κ3) is 2.36. The van der Waals surface area contributed by atoms with Gasteiger partial charge in [-0.3, -0.25) is 4.79 Å². The van der Waals surface area contributed by atoms with Crippen LogP contribution in [0.1, 0.15) is 5.56 Å². The molecule has 1 aromatic carbocycles. The lowest BCUT2D eigenvalue weighted by Crippen LogP contribution is -2.33. The van der Waals surface area contributed by atoms with Gasteiger partial charge < -0.3 is 20.4 Å². The number of fused-ring (bicyclic) bond motifs is 1. The molecule has 6 heteroatoms. The number of carbonyl (C=O) groups is 1.